The lowest BCUT2D eigenvalue weighted by Gasteiger charge is -2.12. The molecule has 0 radical (unpaired) electrons. The fourth-order valence-corrected chi connectivity index (χ4v) is 2.61. The fraction of sp³-hybridized carbons (Fsp3) is 0.136. The van der Waals surface area contributed by atoms with Gasteiger partial charge in [0, 0.05) is 17.7 Å². The lowest BCUT2D eigenvalue weighted by atomic mass is 10.1. The van der Waals surface area contributed by atoms with Crippen LogP contribution >= 0.6 is 0 Å². The van der Waals surface area contributed by atoms with Gasteiger partial charge in [-0.25, -0.2) is 0 Å². The Hall–Kier alpha value is -3.27. The maximum absolute atomic E-state index is 12.6. The predicted molar refractivity (Wildman–Crippen MR) is 101 cm³/mol. The third kappa shape index (κ3) is 4.63. The molecule has 4 nitrogen and oxygen atoms in total. The first-order chi connectivity index (χ1) is 12.8. The molecule has 0 saturated heterocycles. The second kappa shape index (κ2) is 8.72. The first kappa shape index (κ1) is 17.5. The van der Waals surface area contributed by atoms with Gasteiger partial charge in [-0.1, -0.05) is 48.5 Å². The Morgan fingerprint density at radius 3 is 2.42 bits per heavy atom. The van der Waals surface area contributed by atoms with E-state index in [1.54, 1.807) is 7.11 Å². The monoisotopic (exact) mass is 347 g/mol. The van der Waals surface area contributed by atoms with Crippen molar-refractivity contribution in [2.45, 2.75) is 13.2 Å². The van der Waals surface area contributed by atoms with E-state index in [1.165, 1.54) is 0 Å². The van der Waals surface area contributed by atoms with Crippen LogP contribution in [0, 0.1) is 0 Å². The van der Waals surface area contributed by atoms with Crippen molar-refractivity contribution in [3.05, 3.63) is 95.6 Å². The molecule has 0 unspecified atom stereocenters. The van der Waals surface area contributed by atoms with Crippen molar-refractivity contribution < 1.29 is 14.3 Å². The van der Waals surface area contributed by atoms with Crippen molar-refractivity contribution in [3.63, 3.8) is 0 Å². The van der Waals surface area contributed by atoms with Crippen LogP contribution in [-0.2, 0) is 13.2 Å². The summed E-state index contributed by atoms with van der Waals surface area (Å²) < 4.78 is 11.0. The van der Waals surface area contributed by atoms with Gasteiger partial charge < -0.3 is 14.8 Å². The molecule has 0 aliphatic rings. The molecule has 4 heteroatoms. The van der Waals surface area contributed by atoms with Gasteiger partial charge in [-0.2, -0.15) is 0 Å². The minimum absolute atomic E-state index is 0.125. The SMILES string of the molecule is COc1cccc(CNC(=O)c2ccccc2COc2ccccc2)c1. The van der Waals surface area contributed by atoms with E-state index in [-0.39, 0.29) is 5.91 Å². The van der Waals surface area contributed by atoms with Gasteiger partial charge in [0.15, 0.2) is 0 Å². The van der Waals surface area contributed by atoms with Crippen LogP contribution < -0.4 is 14.8 Å². The van der Waals surface area contributed by atoms with Crippen molar-refractivity contribution in [1.82, 2.24) is 5.32 Å². The van der Waals surface area contributed by atoms with E-state index in [1.807, 2.05) is 78.9 Å². The summed E-state index contributed by atoms with van der Waals surface area (Å²) in [6.07, 6.45) is 0. The molecule has 132 valence electrons. The number of hydrogen-bond acceptors (Lipinski definition) is 3. The molecule has 0 saturated carbocycles. The Labute approximate surface area is 153 Å². The normalized spacial score (nSPS) is 10.2. The van der Waals surface area contributed by atoms with E-state index in [9.17, 15) is 4.79 Å². The molecule has 3 rings (SSSR count). The Bertz CT molecular complexity index is 862. The van der Waals surface area contributed by atoms with Crippen LogP contribution in [0.15, 0.2) is 78.9 Å². The highest BCUT2D eigenvalue weighted by Crippen LogP contribution is 2.16. The second-order valence-electron chi connectivity index (χ2n) is 5.79. The molecular weight excluding hydrogens is 326 g/mol. The minimum atomic E-state index is -0.125. The van der Waals surface area contributed by atoms with Gasteiger partial charge in [-0.15, -0.1) is 0 Å². The molecule has 0 aromatic heterocycles. The molecule has 3 aromatic rings. The first-order valence-corrected chi connectivity index (χ1v) is 8.43. The summed E-state index contributed by atoms with van der Waals surface area (Å²) in [6.45, 7) is 0.774. The average molecular weight is 347 g/mol. The zero-order valence-electron chi connectivity index (χ0n) is 14.6. The molecule has 0 spiro atoms. The summed E-state index contributed by atoms with van der Waals surface area (Å²) in [4.78, 5) is 12.6. The molecule has 1 N–H and O–H groups in total. The van der Waals surface area contributed by atoms with E-state index >= 15 is 0 Å². The molecule has 0 aliphatic carbocycles. The predicted octanol–water partition coefficient (Wildman–Crippen LogP) is 4.20. The summed E-state index contributed by atoms with van der Waals surface area (Å²) >= 11 is 0. The molecule has 0 bridgehead atoms. The van der Waals surface area contributed by atoms with Crippen molar-refractivity contribution >= 4 is 5.91 Å². The summed E-state index contributed by atoms with van der Waals surface area (Å²) in [5.74, 6) is 1.42. The van der Waals surface area contributed by atoms with Crippen LogP contribution in [0.4, 0.5) is 0 Å². The zero-order valence-corrected chi connectivity index (χ0v) is 14.6. The number of benzene rings is 3. The highest BCUT2D eigenvalue weighted by molar-refractivity contribution is 5.95. The average Bonchev–Trinajstić information content (AvgIpc) is 2.71. The number of carbonyl (C=O) groups is 1. The number of ether oxygens (including phenoxy) is 2. The molecular formula is C22H21NO3. The third-order valence-electron chi connectivity index (χ3n) is 3.99. The van der Waals surface area contributed by atoms with Gasteiger partial charge in [0.1, 0.15) is 18.1 Å². The number of rotatable bonds is 7. The van der Waals surface area contributed by atoms with E-state index < -0.39 is 0 Å². The van der Waals surface area contributed by atoms with Gasteiger partial charge >= 0.3 is 0 Å². The van der Waals surface area contributed by atoms with E-state index in [0.29, 0.717) is 18.7 Å². The largest absolute Gasteiger partial charge is 0.497 e. The third-order valence-corrected chi connectivity index (χ3v) is 3.99. The number of amides is 1. The van der Waals surface area contributed by atoms with E-state index in [4.69, 9.17) is 9.47 Å². The van der Waals surface area contributed by atoms with Crippen LogP contribution in [0.3, 0.4) is 0 Å². The highest BCUT2D eigenvalue weighted by atomic mass is 16.5. The molecule has 1 amide bonds. The molecule has 0 atom stereocenters. The summed E-state index contributed by atoms with van der Waals surface area (Å²) in [7, 11) is 1.63. The summed E-state index contributed by atoms with van der Waals surface area (Å²) in [6, 6.07) is 24.7. The number of para-hydroxylation sites is 1. The van der Waals surface area contributed by atoms with Gasteiger partial charge in [0.2, 0.25) is 0 Å². The van der Waals surface area contributed by atoms with E-state index in [2.05, 4.69) is 5.32 Å². The van der Waals surface area contributed by atoms with Crippen LogP contribution in [-0.4, -0.2) is 13.0 Å². The molecule has 0 fully saturated rings. The number of hydrogen-bond donors (Lipinski definition) is 1. The van der Waals surface area contributed by atoms with Crippen molar-refractivity contribution in [3.8, 4) is 11.5 Å². The van der Waals surface area contributed by atoms with Crippen LogP contribution in [0.1, 0.15) is 21.5 Å². The van der Waals surface area contributed by atoms with Gasteiger partial charge in [0.05, 0.1) is 7.11 Å². The zero-order chi connectivity index (χ0) is 18.2. The molecule has 26 heavy (non-hydrogen) atoms. The first-order valence-electron chi connectivity index (χ1n) is 8.43. The van der Waals surface area contributed by atoms with Crippen molar-refractivity contribution in [2.75, 3.05) is 7.11 Å². The van der Waals surface area contributed by atoms with Crippen LogP contribution in [0.2, 0.25) is 0 Å². The quantitative estimate of drug-likeness (QED) is 0.697. The Balaban J connectivity index is 1.65. The maximum atomic E-state index is 12.6. The number of nitrogens with one attached hydrogen (secondary N) is 1. The van der Waals surface area contributed by atoms with Crippen LogP contribution in [0.5, 0.6) is 11.5 Å². The van der Waals surface area contributed by atoms with Crippen molar-refractivity contribution in [1.29, 1.82) is 0 Å². The smallest absolute Gasteiger partial charge is 0.251 e. The molecule has 0 aliphatic heterocycles. The Morgan fingerprint density at radius 1 is 0.885 bits per heavy atom. The number of carbonyl (C=O) groups excluding carboxylic acids is 1. The van der Waals surface area contributed by atoms with Crippen LogP contribution in [0.25, 0.3) is 0 Å². The van der Waals surface area contributed by atoms with Crippen molar-refractivity contribution in [2.24, 2.45) is 0 Å². The second-order valence-corrected chi connectivity index (χ2v) is 5.79. The van der Waals surface area contributed by atoms with Gasteiger partial charge in [-0.05, 0) is 35.9 Å². The van der Waals surface area contributed by atoms with Gasteiger partial charge in [0.25, 0.3) is 5.91 Å². The summed E-state index contributed by atoms with van der Waals surface area (Å²) in [5, 5.41) is 2.96. The standard InChI is InChI=1S/C22H21NO3/c1-25-20-12-7-8-17(14-20)15-23-22(24)21-13-6-5-9-18(21)16-26-19-10-3-2-4-11-19/h2-14H,15-16H2,1H3,(H,23,24). The molecule has 3 aromatic carbocycles. The maximum Gasteiger partial charge on any atom is 0.251 e. The van der Waals surface area contributed by atoms with E-state index in [0.717, 1.165) is 22.6 Å². The topological polar surface area (TPSA) is 47.6 Å². The number of methoxy groups -OCH3 is 1. The Kier molecular flexibility index (Phi) is 5.88. The fourth-order valence-electron chi connectivity index (χ4n) is 2.61. The Morgan fingerprint density at radius 2 is 1.62 bits per heavy atom. The molecule has 0 heterocycles. The van der Waals surface area contributed by atoms with Gasteiger partial charge in [-0.3, -0.25) is 4.79 Å². The highest BCUT2D eigenvalue weighted by Gasteiger charge is 2.11. The minimum Gasteiger partial charge on any atom is -0.497 e. The summed E-state index contributed by atoms with van der Waals surface area (Å²) in [5.41, 5.74) is 2.45. The lowest BCUT2D eigenvalue weighted by molar-refractivity contribution is 0.0948. The lowest BCUT2D eigenvalue weighted by Crippen LogP contribution is -2.24.